The molecule has 12 nitrogen and oxygen atoms in total. The largest absolute Gasteiger partial charge is 0.472 e. The summed E-state index contributed by atoms with van der Waals surface area (Å²) < 4.78 is 22.0. The molecular formula is C24H30FN9O3. The molecule has 0 bridgehead atoms. The SMILES string of the molecule is CC1(C)CC(Nc2nc(Nc3ccc4c(c3)-n3nnnc3C(CO)(CO)O4)ncc2F)CC2CCCN21. The van der Waals surface area contributed by atoms with E-state index < -0.39 is 24.6 Å². The monoisotopic (exact) mass is 511 g/mol. The number of tetrazole rings is 1. The van der Waals surface area contributed by atoms with Crippen molar-refractivity contribution < 1.29 is 19.3 Å². The van der Waals surface area contributed by atoms with Gasteiger partial charge in [-0.25, -0.2) is 9.37 Å². The second-order valence-electron chi connectivity index (χ2n) is 10.6. The Labute approximate surface area is 212 Å². The van der Waals surface area contributed by atoms with Gasteiger partial charge in [0.2, 0.25) is 17.4 Å². The zero-order valence-corrected chi connectivity index (χ0v) is 20.7. The molecule has 0 amide bonds. The lowest BCUT2D eigenvalue weighted by atomic mass is 9.84. The minimum atomic E-state index is -1.45. The lowest BCUT2D eigenvalue weighted by Crippen LogP contribution is -2.55. The van der Waals surface area contributed by atoms with Crippen LogP contribution in [-0.2, 0) is 5.60 Å². The Hall–Kier alpha value is -3.42. The topological polar surface area (TPSA) is 146 Å². The van der Waals surface area contributed by atoms with E-state index in [1.165, 1.54) is 17.5 Å². The van der Waals surface area contributed by atoms with Crippen molar-refractivity contribution in [2.24, 2.45) is 0 Å². The van der Waals surface area contributed by atoms with Crippen LogP contribution in [0.25, 0.3) is 5.69 Å². The first-order valence-electron chi connectivity index (χ1n) is 12.5. The minimum Gasteiger partial charge on any atom is -0.472 e. The number of aliphatic hydroxyl groups is 2. The number of aliphatic hydroxyl groups excluding tert-OH is 2. The summed E-state index contributed by atoms with van der Waals surface area (Å²) in [6, 6.07) is 5.75. The van der Waals surface area contributed by atoms with Crippen LogP contribution in [0.15, 0.2) is 24.4 Å². The van der Waals surface area contributed by atoms with Crippen molar-refractivity contribution in [2.75, 3.05) is 30.4 Å². The van der Waals surface area contributed by atoms with Crippen molar-refractivity contribution in [3.63, 3.8) is 0 Å². The number of rotatable bonds is 6. The highest BCUT2D eigenvalue weighted by molar-refractivity contribution is 5.63. The van der Waals surface area contributed by atoms with Crippen LogP contribution >= 0.6 is 0 Å². The Morgan fingerprint density at radius 3 is 2.89 bits per heavy atom. The quantitative estimate of drug-likeness (QED) is 0.384. The van der Waals surface area contributed by atoms with Gasteiger partial charge in [0, 0.05) is 23.3 Å². The summed E-state index contributed by atoms with van der Waals surface area (Å²) in [5.74, 6) is 0.470. The summed E-state index contributed by atoms with van der Waals surface area (Å²) in [4.78, 5) is 11.1. The number of anilines is 3. The number of ether oxygens (including phenoxy) is 1. The molecule has 13 heteroatoms. The lowest BCUT2D eigenvalue weighted by Gasteiger charge is -2.47. The van der Waals surface area contributed by atoms with Gasteiger partial charge in [-0.15, -0.1) is 5.10 Å². The standard InChI is InChI=1S/C24H30FN9O3/c1-23(2)10-15(8-16-4-3-7-33(16)23)27-20-17(25)11-26-22(29-20)28-14-5-6-19-18(9-14)34-21(30-31-32-34)24(12-35,13-36)37-19/h5-6,9,11,15-16,35-36H,3-4,7-8,10,12-13H2,1-2H3,(H2,26,27,28,29). The number of hydrogen-bond donors (Lipinski definition) is 4. The van der Waals surface area contributed by atoms with Gasteiger partial charge in [0.05, 0.1) is 19.4 Å². The first-order chi connectivity index (χ1) is 17.8. The highest BCUT2D eigenvalue weighted by Crippen LogP contribution is 2.40. The summed E-state index contributed by atoms with van der Waals surface area (Å²) in [6.45, 7) is 4.63. The van der Waals surface area contributed by atoms with E-state index in [4.69, 9.17) is 4.74 Å². The molecular weight excluding hydrogens is 481 g/mol. The predicted molar refractivity (Wildman–Crippen MR) is 131 cm³/mol. The van der Waals surface area contributed by atoms with E-state index in [1.54, 1.807) is 18.2 Å². The predicted octanol–water partition coefficient (Wildman–Crippen LogP) is 1.72. The summed E-state index contributed by atoms with van der Waals surface area (Å²) in [7, 11) is 0. The Bertz CT molecular complexity index is 1310. The minimum absolute atomic E-state index is 0.0472. The van der Waals surface area contributed by atoms with Crippen molar-refractivity contribution in [3.05, 3.63) is 36.0 Å². The van der Waals surface area contributed by atoms with Crippen LogP contribution < -0.4 is 15.4 Å². The Morgan fingerprint density at radius 1 is 1.24 bits per heavy atom. The molecule has 1 aromatic carbocycles. The molecule has 4 N–H and O–H groups in total. The summed E-state index contributed by atoms with van der Waals surface area (Å²) in [5.41, 5.74) is -0.295. The van der Waals surface area contributed by atoms with E-state index in [0.29, 0.717) is 23.2 Å². The number of nitrogens with one attached hydrogen (secondary N) is 2. The Morgan fingerprint density at radius 2 is 2.08 bits per heavy atom. The first-order valence-corrected chi connectivity index (χ1v) is 12.5. The summed E-state index contributed by atoms with van der Waals surface area (Å²) in [5, 5.41) is 37.8. The van der Waals surface area contributed by atoms with Gasteiger partial charge >= 0.3 is 0 Å². The highest BCUT2D eigenvalue weighted by atomic mass is 19.1. The smallest absolute Gasteiger partial charge is 0.229 e. The molecule has 2 aromatic heterocycles. The Kier molecular flexibility index (Phi) is 5.73. The molecule has 5 heterocycles. The molecule has 3 aliphatic heterocycles. The van der Waals surface area contributed by atoms with E-state index in [2.05, 4.69) is 54.9 Å². The Balaban J connectivity index is 1.23. The van der Waals surface area contributed by atoms with E-state index in [1.807, 2.05) is 0 Å². The molecule has 0 aliphatic carbocycles. The van der Waals surface area contributed by atoms with Crippen molar-refractivity contribution in [1.82, 2.24) is 35.1 Å². The van der Waals surface area contributed by atoms with E-state index in [9.17, 15) is 14.6 Å². The van der Waals surface area contributed by atoms with Crippen molar-refractivity contribution in [1.29, 1.82) is 0 Å². The zero-order valence-electron chi connectivity index (χ0n) is 20.7. The molecule has 0 radical (unpaired) electrons. The van der Waals surface area contributed by atoms with Crippen LogP contribution in [0.5, 0.6) is 5.75 Å². The van der Waals surface area contributed by atoms with Gasteiger partial charge in [0.25, 0.3) is 0 Å². The van der Waals surface area contributed by atoms with E-state index in [-0.39, 0.29) is 29.2 Å². The maximum atomic E-state index is 14.7. The van der Waals surface area contributed by atoms with Gasteiger partial charge < -0.3 is 25.6 Å². The van der Waals surface area contributed by atoms with Gasteiger partial charge in [-0.05, 0) is 74.7 Å². The second kappa shape index (κ2) is 8.85. The van der Waals surface area contributed by atoms with E-state index >= 15 is 0 Å². The second-order valence-corrected chi connectivity index (χ2v) is 10.6. The number of benzene rings is 1. The van der Waals surface area contributed by atoms with Gasteiger partial charge in [-0.3, -0.25) is 4.90 Å². The van der Waals surface area contributed by atoms with Crippen LogP contribution in [0.2, 0.25) is 0 Å². The molecule has 2 saturated heterocycles. The van der Waals surface area contributed by atoms with Crippen molar-refractivity contribution >= 4 is 17.5 Å². The molecule has 3 aliphatic rings. The van der Waals surface area contributed by atoms with Gasteiger partial charge in [0.15, 0.2) is 11.6 Å². The van der Waals surface area contributed by atoms with Crippen LogP contribution in [0.4, 0.5) is 21.8 Å². The fourth-order valence-electron chi connectivity index (χ4n) is 5.96. The summed E-state index contributed by atoms with van der Waals surface area (Å²) in [6.07, 6.45) is 5.39. The molecule has 2 fully saturated rings. The van der Waals surface area contributed by atoms with Crippen LogP contribution in [-0.4, -0.2) is 82.7 Å². The maximum Gasteiger partial charge on any atom is 0.229 e. The van der Waals surface area contributed by atoms with Gasteiger partial charge in [-0.1, -0.05) is 0 Å². The molecule has 0 saturated carbocycles. The molecule has 3 aromatic rings. The third-order valence-corrected chi connectivity index (χ3v) is 7.68. The molecule has 2 unspecified atom stereocenters. The lowest BCUT2D eigenvalue weighted by molar-refractivity contribution is -0.0517. The maximum absolute atomic E-state index is 14.7. The average molecular weight is 512 g/mol. The third-order valence-electron chi connectivity index (χ3n) is 7.68. The van der Waals surface area contributed by atoms with Crippen LogP contribution in [0, 0.1) is 5.82 Å². The molecule has 196 valence electrons. The van der Waals surface area contributed by atoms with Crippen molar-refractivity contribution in [2.45, 2.75) is 62.8 Å². The number of nitrogens with zero attached hydrogens (tertiary/aromatic N) is 7. The van der Waals surface area contributed by atoms with Crippen molar-refractivity contribution in [3.8, 4) is 11.4 Å². The molecule has 2 atom stereocenters. The number of hydrogen-bond acceptors (Lipinski definition) is 11. The van der Waals surface area contributed by atoms with Gasteiger partial charge in [0.1, 0.15) is 11.4 Å². The molecule has 37 heavy (non-hydrogen) atoms. The molecule has 6 rings (SSSR count). The number of piperidine rings is 1. The summed E-state index contributed by atoms with van der Waals surface area (Å²) >= 11 is 0. The fraction of sp³-hybridized carbons (Fsp3) is 0.542. The van der Waals surface area contributed by atoms with E-state index in [0.717, 1.165) is 25.6 Å². The third kappa shape index (κ3) is 4.06. The van der Waals surface area contributed by atoms with Gasteiger partial charge in [-0.2, -0.15) is 9.67 Å². The number of aromatic nitrogens is 6. The van der Waals surface area contributed by atoms with Crippen LogP contribution in [0.1, 0.15) is 45.4 Å². The van der Waals surface area contributed by atoms with Crippen LogP contribution in [0.3, 0.4) is 0 Å². The highest BCUT2D eigenvalue weighted by Gasteiger charge is 2.45. The zero-order chi connectivity index (χ0) is 25.8. The normalized spacial score (nSPS) is 23.5. The first kappa shape index (κ1) is 23.9. The molecule has 0 spiro atoms. The fourth-order valence-corrected chi connectivity index (χ4v) is 5.96. The number of halogens is 1. The average Bonchev–Trinajstić information content (AvgIpc) is 3.56. The number of fused-ring (bicyclic) bond motifs is 4.